The Bertz CT molecular complexity index is 502. The summed E-state index contributed by atoms with van der Waals surface area (Å²) >= 11 is 1.98. The second kappa shape index (κ2) is 4.07. The molecule has 1 saturated heterocycles. The lowest BCUT2D eigenvalue weighted by Crippen LogP contribution is -2.32. The Morgan fingerprint density at radius 3 is 3.25 bits per heavy atom. The average Bonchev–Trinajstić information content (AvgIpc) is 2.69. The fourth-order valence-corrected chi connectivity index (χ4v) is 3.02. The Kier molecular flexibility index (Phi) is 2.57. The number of hydrogen-bond donors (Lipinski definition) is 1. The van der Waals surface area contributed by atoms with Crippen molar-refractivity contribution in [2.45, 2.75) is 6.04 Å². The molecule has 2 aromatic heterocycles. The lowest BCUT2D eigenvalue weighted by molar-refractivity contribution is 0.549. The molecule has 0 bridgehead atoms. The van der Waals surface area contributed by atoms with Crippen LogP contribution >= 0.6 is 11.8 Å². The van der Waals surface area contributed by atoms with Gasteiger partial charge in [-0.25, -0.2) is 9.97 Å². The summed E-state index contributed by atoms with van der Waals surface area (Å²) in [5, 5.41) is 3.51. The van der Waals surface area contributed by atoms with Gasteiger partial charge in [-0.15, -0.1) is 0 Å². The molecule has 1 fully saturated rings. The summed E-state index contributed by atoms with van der Waals surface area (Å²) in [5.41, 5.74) is 1.95. The summed E-state index contributed by atoms with van der Waals surface area (Å²) in [5.74, 6) is 3.39. The van der Waals surface area contributed by atoms with E-state index in [-0.39, 0.29) is 0 Å². The van der Waals surface area contributed by atoms with Gasteiger partial charge in [0, 0.05) is 31.3 Å². The molecule has 0 amide bonds. The van der Waals surface area contributed by atoms with Gasteiger partial charge in [-0.2, -0.15) is 11.8 Å². The van der Waals surface area contributed by atoms with E-state index < -0.39 is 0 Å². The molecule has 1 aliphatic rings. The van der Waals surface area contributed by atoms with Crippen molar-refractivity contribution in [1.29, 1.82) is 0 Å². The van der Waals surface area contributed by atoms with Crippen LogP contribution in [0.5, 0.6) is 0 Å². The van der Waals surface area contributed by atoms with E-state index in [1.165, 1.54) is 5.75 Å². The predicted molar refractivity (Wildman–Crippen MR) is 66.6 cm³/mol. The molecule has 1 aliphatic heterocycles. The molecular formula is C11H14N4S. The van der Waals surface area contributed by atoms with Gasteiger partial charge >= 0.3 is 0 Å². The molecule has 16 heavy (non-hydrogen) atoms. The lowest BCUT2D eigenvalue weighted by Gasteiger charge is -2.22. The normalized spacial score (nSPS) is 21.4. The van der Waals surface area contributed by atoms with Crippen molar-refractivity contribution < 1.29 is 0 Å². The fraction of sp³-hybridized carbons (Fsp3) is 0.455. The van der Waals surface area contributed by atoms with Crippen molar-refractivity contribution in [3.05, 3.63) is 24.2 Å². The number of aryl methyl sites for hydroxylation is 1. The average molecular weight is 234 g/mol. The number of thioether (sulfide) groups is 1. The highest BCUT2D eigenvalue weighted by atomic mass is 32.2. The van der Waals surface area contributed by atoms with E-state index in [1.807, 2.05) is 17.8 Å². The zero-order valence-corrected chi connectivity index (χ0v) is 10.00. The number of hydrogen-bond acceptors (Lipinski definition) is 4. The summed E-state index contributed by atoms with van der Waals surface area (Å²) in [6, 6.07) is 4.38. The minimum atomic E-state index is 0.359. The number of rotatable bonds is 1. The van der Waals surface area contributed by atoms with Gasteiger partial charge in [0.2, 0.25) is 0 Å². The molecule has 1 unspecified atom stereocenters. The van der Waals surface area contributed by atoms with Gasteiger partial charge in [0.05, 0.1) is 11.6 Å². The number of pyridine rings is 1. The molecule has 5 heteroatoms. The molecule has 0 spiro atoms. The predicted octanol–water partition coefficient (Wildman–Crippen LogP) is 1.35. The van der Waals surface area contributed by atoms with E-state index in [9.17, 15) is 0 Å². The largest absolute Gasteiger partial charge is 0.328 e. The maximum atomic E-state index is 4.61. The van der Waals surface area contributed by atoms with Crippen LogP contribution in [0.2, 0.25) is 0 Å². The van der Waals surface area contributed by atoms with Crippen LogP contribution in [0.1, 0.15) is 11.9 Å². The molecule has 4 nitrogen and oxygen atoms in total. The van der Waals surface area contributed by atoms with Gasteiger partial charge in [-0.3, -0.25) is 0 Å². The van der Waals surface area contributed by atoms with Crippen molar-refractivity contribution in [3.8, 4) is 0 Å². The first-order chi connectivity index (χ1) is 7.86. The van der Waals surface area contributed by atoms with Gasteiger partial charge < -0.3 is 9.88 Å². The third-order valence-corrected chi connectivity index (χ3v) is 3.99. The Balaban J connectivity index is 2.05. The second-order valence-electron chi connectivity index (χ2n) is 3.96. The first-order valence-corrected chi connectivity index (χ1v) is 6.60. The number of aromatic nitrogens is 3. The van der Waals surface area contributed by atoms with Crippen LogP contribution < -0.4 is 5.32 Å². The molecule has 0 aromatic carbocycles. The van der Waals surface area contributed by atoms with Crippen LogP contribution in [0.4, 0.5) is 0 Å². The van der Waals surface area contributed by atoms with E-state index in [1.54, 1.807) is 6.20 Å². The molecule has 0 radical (unpaired) electrons. The minimum Gasteiger partial charge on any atom is -0.328 e. The summed E-state index contributed by atoms with van der Waals surface area (Å²) in [6.45, 7) is 1.06. The maximum Gasteiger partial charge on any atom is 0.177 e. The molecule has 84 valence electrons. The van der Waals surface area contributed by atoms with Gasteiger partial charge in [-0.1, -0.05) is 0 Å². The third-order valence-electron chi connectivity index (χ3n) is 2.92. The second-order valence-corrected chi connectivity index (χ2v) is 5.11. The molecule has 0 aliphatic carbocycles. The Labute approximate surface area is 98.5 Å². The Morgan fingerprint density at radius 1 is 1.56 bits per heavy atom. The standard InChI is InChI=1S/C11H14N4S/c1-15-9-3-2-4-13-10(9)14-11(15)8-7-16-6-5-12-8/h2-4,8,12H,5-7H2,1H3. The minimum absolute atomic E-state index is 0.359. The summed E-state index contributed by atoms with van der Waals surface area (Å²) in [7, 11) is 2.06. The van der Waals surface area contributed by atoms with Crippen molar-refractivity contribution in [3.63, 3.8) is 0 Å². The molecular weight excluding hydrogens is 220 g/mol. The number of imidazole rings is 1. The SMILES string of the molecule is Cn1c(C2CSCCN2)nc2ncccc21. The van der Waals surface area contributed by atoms with Gasteiger partial charge in [-0.05, 0) is 12.1 Å². The quantitative estimate of drug-likeness (QED) is 0.808. The topological polar surface area (TPSA) is 42.7 Å². The van der Waals surface area contributed by atoms with Crippen molar-refractivity contribution >= 4 is 22.9 Å². The molecule has 1 N–H and O–H groups in total. The number of fused-ring (bicyclic) bond motifs is 1. The van der Waals surface area contributed by atoms with E-state index >= 15 is 0 Å². The number of nitrogens with one attached hydrogen (secondary N) is 1. The monoisotopic (exact) mass is 234 g/mol. The van der Waals surface area contributed by atoms with E-state index in [2.05, 4.69) is 33.0 Å². The number of nitrogens with zero attached hydrogens (tertiary/aromatic N) is 3. The van der Waals surface area contributed by atoms with Crippen LogP contribution in [0.15, 0.2) is 18.3 Å². The van der Waals surface area contributed by atoms with Crippen LogP contribution in [0.3, 0.4) is 0 Å². The summed E-state index contributed by atoms with van der Waals surface area (Å²) < 4.78 is 2.14. The van der Waals surface area contributed by atoms with Crippen LogP contribution in [-0.2, 0) is 7.05 Å². The van der Waals surface area contributed by atoms with Gasteiger partial charge in [0.15, 0.2) is 5.65 Å². The highest BCUT2D eigenvalue weighted by Gasteiger charge is 2.20. The summed E-state index contributed by atoms with van der Waals surface area (Å²) in [4.78, 5) is 8.90. The maximum absolute atomic E-state index is 4.61. The lowest BCUT2D eigenvalue weighted by atomic mass is 10.3. The van der Waals surface area contributed by atoms with Gasteiger partial charge in [0.25, 0.3) is 0 Å². The highest BCUT2D eigenvalue weighted by Crippen LogP contribution is 2.23. The first-order valence-electron chi connectivity index (χ1n) is 5.45. The fourth-order valence-electron chi connectivity index (χ4n) is 2.09. The van der Waals surface area contributed by atoms with Crippen molar-refractivity contribution in [2.75, 3.05) is 18.1 Å². The van der Waals surface area contributed by atoms with Crippen LogP contribution in [0.25, 0.3) is 11.2 Å². The molecule has 1 atom stereocenters. The van der Waals surface area contributed by atoms with E-state index in [0.717, 1.165) is 29.3 Å². The van der Waals surface area contributed by atoms with E-state index in [4.69, 9.17) is 0 Å². The molecule has 2 aromatic rings. The molecule has 3 rings (SSSR count). The van der Waals surface area contributed by atoms with Crippen molar-refractivity contribution in [2.24, 2.45) is 7.05 Å². The Hall–Kier alpha value is -1.07. The molecule has 3 heterocycles. The zero-order chi connectivity index (χ0) is 11.0. The van der Waals surface area contributed by atoms with Gasteiger partial charge in [0.1, 0.15) is 5.82 Å². The van der Waals surface area contributed by atoms with E-state index in [0.29, 0.717) is 6.04 Å². The van der Waals surface area contributed by atoms with Crippen LogP contribution in [0, 0.1) is 0 Å². The third kappa shape index (κ3) is 1.60. The Morgan fingerprint density at radius 2 is 2.50 bits per heavy atom. The van der Waals surface area contributed by atoms with Crippen LogP contribution in [-0.4, -0.2) is 32.6 Å². The summed E-state index contributed by atoms with van der Waals surface area (Å²) in [6.07, 6.45) is 1.79. The smallest absolute Gasteiger partial charge is 0.177 e. The van der Waals surface area contributed by atoms with Crippen molar-refractivity contribution in [1.82, 2.24) is 19.9 Å². The highest BCUT2D eigenvalue weighted by molar-refractivity contribution is 7.99. The molecule has 0 saturated carbocycles. The zero-order valence-electron chi connectivity index (χ0n) is 9.18. The first kappa shape index (κ1) is 10.1.